The number of anilines is 1. The highest BCUT2D eigenvalue weighted by Crippen LogP contribution is 2.39. The summed E-state index contributed by atoms with van der Waals surface area (Å²) in [5, 5.41) is 4.34. The highest BCUT2D eigenvalue weighted by Gasteiger charge is 2.34. The van der Waals surface area contributed by atoms with Crippen molar-refractivity contribution in [2.45, 2.75) is 31.2 Å². The molecule has 1 amide bonds. The third kappa shape index (κ3) is 3.89. The number of nitrogens with one attached hydrogen (secondary N) is 2. The van der Waals surface area contributed by atoms with E-state index in [1.165, 1.54) is 6.07 Å². The van der Waals surface area contributed by atoms with Gasteiger partial charge in [0.15, 0.2) is 11.6 Å². The topological polar surface area (TPSA) is 70.9 Å². The molecule has 0 spiro atoms. The molecule has 1 aliphatic carbocycles. The van der Waals surface area contributed by atoms with Gasteiger partial charge in [-0.15, -0.1) is 12.4 Å². The maximum atomic E-state index is 13.6. The Balaban J connectivity index is 0.00000231. The first-order valence-electron chi connectivity index (χ1n) is 10.00. The van der Waals surface area contributed by atoms with Crippen molar-refractivity contribution in [3.8, 4) is 0 Å². The molecule has 1 aliphatic rings. The van der Waals surface area contributed by atoms with E-state index in [1.54, 1.807) is 0 Å². The number of halogens is 3. The second kappa shape index (κ2) is 7.94. The Morgan fingerprint density at radius 3 is 2.48 bits per heavy atom. The molecule has 0 aliphatic heterocycles. The van der Waals surface area contributed by atoms with Crippen molar-refractivity contribution < 1.29 is 13.6 Å². The molecule has 0 saturated heterocycles. The average molecular weight is 442 g/mol. The van der Waals surface area contributed by atoms with Gasteiger partial charge in [0.1, 0.15) is 0 Å². The molecule has 0 radical (unpaired) electrons. The lowest BCUT2D eigenvalue weighted by atomic mass is 9.73. The minimum Gasteiger partial charge on any atom is -0.354 e. The van der Waals surface area contributed by atoms with Crippen LogP contribution in [-0.4, -0.2) is 10.9 Å². The van der Waals surface area contributed by atoms with Gasteiger partial charge in [0.2, 0.25) is 5.91 Å². The van der Waals surface area contributed by atoms with Gasteiger partial charge in [-0.05, 0) is 54.7 Å². The summed E-state index contributed by atoms with van der Waals surface area (Å²) < 4.78 is 27.1. The first-order chi connectivity index (χ1) is 14.4. The van der Waals surface area contributed by atoms with Gasteiger partial charge in [-0.25, -0.2) is 8.78 Å². The Bertz CT molecular complexity index is 1300. The minimum atomic E-state index is -0.892. The molecule has 0 unspecified atom stereocenters. The van der Waals surface area contributed by atoms with Gasteiger partial charge in [0.25, 0.3) is 0 Å². The van der Waals surface area contributed by atoms with Gasteiger partial charge in [-0.3, -0.25) is 4.79 Å². The second-order valence-electron chi connectivity index (χ2n) is 8.13. The van der Waals surface area contributed by atoms with Crippen LogP contribution < -0.4 is 11.1 Å². The maximum absolute atomic E-state index is 13.6. The number of amides is 1. The number of carbonyl (C=O) groups is 1. The lowest BCUT2D eigenvalue weighted by Gasteiger charge is -2.38. The molecule has 4 N–H and O–H groups in total. The first-order valence-corrected chi connectivity index (χ1v) is 10.00. The smallest absolute Gasteiger partial charge is 0.228 e. The Kier molecular flexibility index (Phi) is 5.45. The van der Waals surface area contributed by atoms with Crippen molar-refractivity contribution in [1.29, 1.82) is 0 Å². The van der Waals surface area contributed by atoms with E-state index in [2.05, 4.69) is 10.3 Å². The van der Waals surface area contributed by atoms with Crippen LogP contribution in [0.2, 0.25) is 0 Å². The molecule has 0 bridgehead atoms. The van der Waals surface area contributed by atoms with E-state index in [9.17, 15) is 13.6 Å². The first kappa shape index (κ1) is 21.3. The highest BCUT2D eigenvalue weighted by molar-refractivity contribution is 6.07. The van der Waals surface area contributed by atoms with Crippen molar-refractivity contribution >= 4 is 45.8 Å². The standard InChI is InChI=1S/C24H21F2N3O.ClH/c25-19-12-18-17-6-5-14(9-21(17)29-22(18)13-20(19)26)10-23(30)28-16-4-1-3-15(11-16)24(27)7-2-8-24;/h1,3-6,9,11-13,29H,2,7-8,10,27H2,(H,28,30);1H. The Morgan fingerprint density at radius 2 is 1.74 bits per heavy atom. The molecule has 160 valence electrons. The van der Waals surface area contributed by atoms with Gasteiger partial charge in [-0.2, -0.15) is 0 Å². The summed E-state index contributed by atoms with van der Waals surface area (Å²) in [6.07, 6.45) is 3.24. The molecule has 1 heterocycles. The SMILES string of the molecule is Cl.NC1(c2cccc(NC(=O)Cc3ccc4c(c3)[nH]c3cc(F)c(F)cc34)c2)CCC1. The number of hydrogen-bond donors (Lipinski definition) is 3. The normalized spacial score (nSPS) is 14.8. The molecule has 0 atom stereocenters. The molecule has 3 aromatic carbocycles. The summed E-state index contributed by atoms with van der Waals surface area (Å²) in [6, 6.07) is 15.5. The molecule has 31 heavy (non-hydrogen) atoms. The fourth-order valence-electron chi connectivity index (χ4n) is 4.20. The van der Waals surface area contributed by atoms with Crippen molar-refractivity contribution in [3.63, 3.8) is 0 Å². The van der Waals surface area contributed by atoms with Gasteiger partial charge < -0.3 is 16.0 Å². The van der Waals surface area contributed by atoms with Crippen LogP contribution in [0.4, 0.5) is 14.5 Å². The number of aromatic amines is 1. The van der Waals surface area contributed by atoms with E-state index in [4.69, 9.17) is 5.73 Å². The fourth-order valence-corrected chi connectivity index (χ4v) is 4.20. The number of fused-ring (bicyclic) bond motifs is 3. The van der Waals surface area contributed by atoms with E-state index in [0.29, 0.717) is 10.9 Å². The monoisotopic (exact) mass is 441 g/mol. The van der Waals surface area contributed by atoms with Crippen LogP contribution in [0.15, 0.2) is 54.6 Å². The zero-order chi connectivity index (χ0) is 20.9. The van der Waals surface area contributed by atoms with Crippen LogP contribution in [0.3, 0.4) is 0 Å². The van der Waals surface area contributed by atoms with E-state index in [1.807, 2.05) is 42.5 Å². The van der Waals surface area contributed by atoms with Gasteiger partial charge in [-0.1, -0.05) is 24.3 Å². The molecule has 1 saturated carbocycles. The molecule has 1 fully saturated rings. The zero-order valence-corrected chi connectivity index (χ0v) is 17.5. The third-order valence-electron chi connectivity index (χ3n) is 6.04. The maximum Gasteiger partial charge on any atom is 0.228 e. The number of benzene rings is 3. The summed E-state index contributed by atoms with van der Waals surface area (Å²) in [4.78, 5) is 15.7. The van der Waals surface area contributed by atoms with Crippen molar-refractivity contribution in [3.05, 3.63) is 77.4 Å². The summed E-state index contributed by atoms with van der Waals surface area (Å²) >= 11 is 0. The van der Waals surface area contributed by atoms with E-state index in [0.717, 1.165) is 53.0 Å². The van der Waals surface area contributed by atoms with E-state index in [-0.39, 0.29) is 30.3 Å². The van der Waals surface area contributed by atoms with Crippen LogP contribution in [0.25, 0.3) is 21.8 Å². The lowest BCUT2D eigenvalue weighted by Crippen LogP contribution is -2.43. The van der Waals surface area contributed by atoms with Crippen molar-refractivity contribution in [2.75, 3.05) is 5.32 Å². The van der Waals surface area contributed by atoms with Crippen LogP contribution in [-0.2, 0) is 16.8 Å². The Morgan fingerprint density at radius 1 is 1.00 bits per heavy atom. The quantitative estimate of drug-likeness (QED) is 0.389. The number of carbonyl (C=O) groups excluding carboxylic acids is 1. The lowest BCUT2D eigenvalue weighted by molar-refractivity contribution is -0.115. The van der Waals surface area contributed by atoms with E-state index < -0.39 is 11.6 Å². The predicted molar refractivity (Wildman–Crippen MR) is 121 cm³/mol. The van der Waals surface area contributed by atoms with Gasteiger partial charge in [0.05, 0.1) is 6.42 Å². The molecule has 4 aromatic rings. The Labute approximate surface area is 184 Å². The molecule has 7 heteroatoms. The predicted octanol–water partition coefficient (Wildman–Crippen LogP) is 5.54. The Hall–Kier alpha value is -2.96. The largest absolute Gasteiger partial charge is 0.354 e. The highest BCUT2D eigenvalue weighted by atomic mass is 35.5. The summed E-state index contributed by atoms with van der Waals surface area (Å²) in [5.41, 5.74) is 9.95. The number of hydrogen-bond acceptors (Lipinski definition) is 2. The molecule has 5 rings (SSSR count). The molecular weight excluding hydrogens is 420 g/mol. The zero-order valence-electron chi connectivity index (χ0n) is 16.7. The van der Waals surface area contributed by atoms with Crippen LogP contribution in [0.5, 0.6) is 0 Å². The number of nitrogens with two attached hydrogens (primary N) is 1. The van der Waals surface area contributed by atoms with Gasteiger partial charge >= 0.3 is 0 Å². The van der Waals surface area contributed by atoms with Crippen LogP contribution in [0.1, 0.15) is 30.4 Å². The molecule has 1 aromatic heterocycles. The van der Waals surface area contributed by atoms with Crippen molar-refractivity contribution in [2.24, 2.45) is 5.73 Å². The number of H-pyrrole nitrogens is 1. The molecular formula is C24H22ClF2N3O. The minimum absolute atomic E-state index is 0. The van der Waals surface area contributed by atoms with Crippen LogP contribution in [0, 0.1) is 11.6 Å². The number of rotatable bonds is 4. The average Bonchev–Trinajstić information content (AvgIpc) is 3.03. The summed E-state index contributed by atoms with van der Waals surface area (Å²) in [6.45, 7) is 0. The molecule has 4 nitrogen and oxygen atoms in total. The number of aromatic nitrogens is 1. The summed E-state index contributed by atoms with van der Waals surface area (Å²) in [5.74, 6) is -1.91. The second-order valence-corrected chi connectivity index (χ2v) is 8.13. The van der Waals surface area contributed by atoms with Gasteiger partial charge in [0, 0.05) is 39.1 Å². The summed E-state index contributed by atoms with van der Waals surface area (Å²) in [7, 11) is 0. The van der Waals surface area contributed by atoms with Crippen LogP contribution >= 0.6 is 12.4 Å². The van der Waals surface area contributed by atoms with E-state index >= 15 is 0 Å². The van der Waals surface area contributed by atoms with Crippen molar-refractivity contribution in [1.82, 2.24) is 4.98 Å². The fraction of sp³-hybridized carbons (Fsp3) is 0.208. The third-order valence-corrected chi connectivity index (χ3v) is 6.04.